The molecule has 1 aromatic carbocycles. The van der Waals surface area contributed by atoms with Crippen LogP contribution in [0, 0.1) is 5.41 Å². The van der Waals surface area contributed by atoms with Gasteiger partial charge in [-0.05, 0) is 42.5 Å². The summed E-state index contributed by atoms with van der Waals surface area (Å²) in [5.74, 6) is 0.608. The Balaban J connectivity index is 2.16. The summed E-state index contributed by atoms with van der Waals surface area (Å²) in [6.07, 6.45) is 1.99. The van der Waals surface area contributed by atoms with E-state index in [-0.39, 0.29) is 11.3 Å². The van der Waals surface area contributed by atoms with Crippen molar-refractivity contribution in [2.24, 2.45) is 11.1 Å². The average molecular weight is 264 g/mol. The maximum Gasteiger partial charge on any atom is 0.234 e. The predicted molar refractivity (Wildman–Crippen MR) is 77.0 cm³/mol. The van der Waals surface area contributed by atoms with Crippen LogP contribution in [0.4, 0.5) is 5.69 Å². The third-order valence-corrected chi connectivity index (χ3v) is 4.25. The van der Waals surface area contributed by atoms with Crippen molar-refractivity contribution in [2.45, 2.75) is 31.6 Å². The molecule has 0 saturated carbocycles. The Hall–Kier alpha value is -1.000. The van der Waals surface area contributed by atoms with Crippen LogP contribution in [-0.4, -0.2) is 18.2 Å². The molecule has 3 nitrogen and oxygen atoms in total. The molecule has 1 amide bonds. The van der Waals surface area contributed by atoms with Gasteiger partial charge >= 0.3 is 0 Å². The average Bonchev–Trinajstić information content (AvgIpc) is 2.27. The molecule has 0 aliphatic carbocycles. The van der Waals surface area contributed by atoms with Gasteiger partial charge in [-0.25, -0.2) is 0 Å². The molecule has 0 saturated heterocycles. The molecule has 0 spiro atoms. The Bertz CT molecular complexity index is 457. The number of nitrogens with one attached hydrogen (secondary N) is 1. The number of nitrogens with two attached hydrogens (primary N) is 1. The van der Waals surface area contributed by atoms with E-state index in [0.717, 1.165) is 23.4 Å². The molecular formula is C14H20N2OS. The Labute approximate surface area is 113 Å². The van der Waals surface area contributed by atoms with Gasteiger partial charge in [0.15, 0.2) is 0 Å². The minimum atomic E-state index is 0.0888. The largest absolute Gasteiger partial charge is 0.330 e. The van der Waals surface area contributed by atoms with Gasteiger partial charge in [0.1, 0.15) is 0 Å². The first-order chi connectivity index (χ1) is 8.50. The molecule has 3 N–H and O–H groups in total. The molecule has 1 aromatic rings. The first kappa shape index (κ1) is 13.4. The Morgan fingerprint density at radius 3 is 2.94 bits per heavy atom. The van der Waals surface area contributed by atoms with Crippen LogP contribution in [0.1, 0.15) is 25.8 Å². The molecule has 98 valence electrons. The van der Waals surface area contributed by atoms with Crippen LogP contribution in [0.5, 0.6) is 0 Å². The number of amides is 1. The quantitative estimate of drug-likeness (QED) is 0.879. The van der Waals surface area contributed by atoms with E-state index in [1.54, 1.807) is 11.8 Å². The highest BCUT2D eigenvalue weighted by molar-refractivity contribution is 8.00. The van der Waals surface area contributed by atoms with E-state index in [1.807, 2.05) is 0 Å². The van der Waals surface area contributed by atoms with Crippen LogP contribution in [0.25, 0.3) is 0 Å². The fraction of sp³-hybridized carbons (Fsp3) is 0.500. The summed E-state index contributed by atoms with van der Waals surface area (Å²) < 4.78 is 0. The van der Waals surface area contributed by atoms with Crippen LogP contribution < -0.4 is 11.1 Å². The molecule has 1 heterocycles. The van der Waals surface area contributed by atoms with Crippen LogP contribution >= 0.6 is 11.8 Å². The number of carbonyl (C=O) groups is 1. The van der Waals surface area contributed by atoms with Crippen LogP contribution in [0.2, 0.25) is 0 Å². The number of anilines is 1. The molecule has 0 radical (unpaired) electrons. The number of fused-ring (bicyclic) bond motifs is 1. The maximum atomic E-state index is 11.4. The number of hydrogen-bond acceptors (Lipinski definition) is 3. The molecule has 18 heavy (non-hydrogen) atoms. The second-order valence-corrected chi connectivity index (χ2v) is 6.56. The zero-order chi connectivity index (χ0) is 13.2. The minimum Gasteiger partial charge on any atom is -0.330 e. The lowest BCUT2D eigenvalue weighted by atomic mass is 9.82. The zero-order valence-corrected chi connectivity index (χ0v) is 11.8. The third kappa shape index (κ3) is 3.27. The number of hydrogen-bond donors (Lipinski definition) is 2. The van der Waals surface area contributed by atoms with Crippen molar-refractivity contribution in [1.29, 1.82) is 0 Å². The van der Waals surface area contributed by atoms with E-state index in [4.69, 9.17) is 5.73 Å². The van der Waals surface area contributed by atoms with Gasteiger partial charge in [0.2, 0.25) is 5.91 Å². The summed E-state index contributed by atoms with van der Waals surface area (Å²) in [4.78, 5) is 12.5. The smallest absolute Gasteiger partial charge is 0.234 e. The SMILES string of the molecule is CC(C)(CCN)Cc1ccc2c(c1)NC(=O)CS2. The summed E-state index contributed by atoms with van der Waals surface area (Å²) >= 11 is 1.60. The van der Waals surface area contributed by atoms with E-state index in [2.05, 4.69) is 37.4 Å². The molecule has 0 atom stereocenters. The molecule has 1 aliphatic heterocycles. The molecule has 0 aromatic heterocycles. The summed E-state index contributed by atoms with van der Waals surface area (Å²) in [7, 11) is 0. The summed E-state index contributed by atoms with van der Waals surface area (Å²) in [5.41, 5.74) is 8.06. The van der Waals surface area contributed by atoms with Crippen LogP contribution in [0.15, 0.2) is 23.1 Å². The third-order valence-electron chi connectivity index (χ3n) is 3.18. The highest BCUT2D eigenvalue weighted by Gasteiger charge is 2.20. The number of benzene rings is 1. The zero-order valence-electron chi connectivity index (χ0n) is 11.0. The minimum absolute atomic E-state index is 0.0888. The summed E-state index contributed by atoms with van der Waals surface area (Å²) in [6.45, 7) is 5.17. The second-order valence-electron chi connectivity index (χ2n) is 5.55. The summed E-state index contributed by atoms with van der Waals surface area (Å²) in [6, 6.07) is 6.35. The highest BCUT2D eigenvalue weighted by Crippen LogP contribution is 2.34. The van der Waals surface area contributed by atoms with Gasteiger partial charge in [-0.1, -0.05) is 19.9 Å². The van der Waals surface area contributed by atoms with E-state index >= 15 is 0 Å². The lowest BCUT2D eigenvalue weighted by Gasteiger charge is -2.25. The van der Waals surface area contributed by atoms with E-state index in [9.17, 15) is 4.79 Å². The van der Waals surface area contributed by atoms with E-state index < -0.39 is 0 Å². The fourth-order valence-corrected chi connectivity index (χ4v) is 3.06. The predicted octanol–water partition coefficient (Wildman–Crippen LogP) is 2.65. The standard InChI is InChI=1S/C14H20N2OS/c1-14(2,5-6-15)8-10-3-4-12-11(7-10)16-13(17)9-18-12/h3-4,7H,5-6,8-9,15H2,1-2H3,(H,16,17). The Morgan fingerprint density at radius 1 is 1.44 bits per heavy atom. The lowest BCUT2D eigenvalue weighted by Crippen LogP contribution is -2.21. The van der Waals surface area contributed by atoms with Crippen molar-refractivity contribution >= 4 is 23.4 Å². The first-order valence-electron chi connectivity index (χ1n) is 6.26. The number of rotatable bonds is 4. The fourth-order valence-electron chi connectivity index (χ4n) is 2.27. The topological polar surface area (TPSA) is 55.1 Å². The van der Waals surface area contributed by atoms with Gasteiger partial charge < -0.3 is 11.1 Å². The van der Waals surface area contributed by atoms with Crippen molar-refractivity contribution in [3.63, 3.8) is 0 Å². The molecule has 0 unspecified atom stereocenters. The van der Waals surface area contributed by atoms with Gasteiger partial charge in [0, 0.05) is 4.90 Å². The van der Waals surface area contributed by atoms with Crippen molar-refractivity contribution in [3.05, 3.63) is 23.8 Å². The van der Waals surface area contributed by atoms with Gasteiger partial charge in [-0.15, -0.1) is 11.8 Å². The van der Waals surface area contributed by atoms with E-state index in [0.29, 0.717) is 12.3 Å². The second kappa shape index (κ2) is 5.33. The Kier molecular flexibility index (Phi) is 3.97. The monoisotopic (exact) mass is 264 g/mol. The summed E-state index contributed by atoms with van der Waals surface area (Å²) in [5, 5.41) is 2.93. The van der Waals surface area contributed by atoms with Gasteiger partial charge in [0.25, 0.3) is 0 Å². The molecular weight excluding hydrogens is 244 g/mol. The van der Waals surface area contributed by atoms with Crippen molar-refractivity contribution in [3.8, 4) is 0 Å². The molecule has 1 aliphatic rings. The van der Waals surface area contributed by atoms with Crippen molar-refractivity contribution in [2.75, 3.05) is 17.6 Å². The normalized spacial score (nSPS) is 15.2. The van der Waals surface area contributed by atoms with Gasteiger partial charge in [-0.2, -0.15) is 0 Å². The molecule has 2 rings (SSSR count). The van der Waals surface area contributed by atoms with E-state index in [1.165, 1.54) is 5.56 Å². The first-order valence-corrected chi connectivity index (χ1v) is 7.24. The number of carbonyl (C=O) groups excluding carboxylic acids is 1. The number of thioether (sulfide) groups is 1. The van der Waals surface area contributed by atoms with Crippen LogP contribution in [-0.2, 0) is 11.2 Å². The molecule has 4 heteroatoms. The van der Waals surface area contributed by atoms with Crippen molar-refractivity contribution < 1.29 is 4.79 Å². The lowest BCUT2D eigenvalue weighted by molar-refractivity contribution is -0.113. The van der Waals surface area contributed by atoms with Crippen LogP contribution in [0.3, 0.4) is 0 Å². The van der Waals surface area contributed by atoms with Gasteiger partial charge in [0.05, 0.1) is 11.4 Å². The molecule has 0 fully saturated rings. The maximum absolute atomic E-state index is 11.4. The highest BCUT2D eigenvalue weighted by atomic mass is 32.2. The molecule has 0 bridgehead atoms. The van der Waals surface area contributed by atoms with Crippen molar-refractivity contribution in [1.82, 2.24) is 0 Å². The Morgan fingerprint density at radius 2 is 2.22 bits per heavy atom. The van der Waals surface area contributed by atoms with Gasteiger partial charge in [-0.3, -0.25) is 4.79 Å².